The fourth-order valence-electron chi connectivity index (χ4n) is 0.872. The van der Waals surface area contributed by atoms with Crippen LogP contribution < -0.4 is 0 Å². The second kappa shape index (κ2) is 3.32. The lowest BCUT2D eigenvalue weighted by Gasteiger charge is -2.06. The maximum atomic E-state index is 12.1. The van der Waals surface area contributed by atoms with Gasteiger partial charge in [-0.25, -0.2) is 0 Å². The van der Waals surface area contributed by atoms with Crippen molar-refractivity contribution in [1.82, 2.24) is 9.78 Å². The van der Waals surface area contributed by atoms with Gasteiger partial charge in [-0.15, -0.1) is 0 Å². The molecule has 1 aromatic rings. The molecule has 1 rings (SSSR count). The molecular weight excluding hydrogens is 249 g/mol. The van der Waals surface area contributed by atoms with E-state index in [0.717, 1.165) is 6.07 Å². The first-order valence-electron chi connectivity index (χ1n) is 3.64. The normalized spacial score (nSPS) is 12.5. The van der Waals surface area contributed by atoms with Gasteiger partial charge in [-0.1, -0.05) is 0 Å². The van der Waals surface area contributed by atoms with Gasteiger partial charge in [0.25, 0.3) is 0 Å². The molecule has 0 N–H and O–H groups in total. The van der Waals surface area contributed by atoms with E-state index in [1.54, 1.807) is 13.8 Å². The fraction of sp³-hybridized carbons (Fsp3) is 0.571. The van der Waals surface area contributed by atoms with Crippen LogP contribution in [0.3, 0.4) is 0 Å². The van der Waals surface area contributed by atoms with Crippen molar-refractivity contribution in [2.75, 3.05) is 0 Å². The molecule has 0 aromatic carbocycles. The smallest absolute Gasteiger partial charge is 0.255 e. The van der Waals surface area contributed by atoms with Crippen LogP contribution >= 0.6 is 15.9 Å². The van der Waals surface area contributed by atoms with Crippen LogP contribution in [0.15, 0.2) is 10.7 Å². The molecule has 0 unspecified atom stereocenters. The first-order chi connectivity index (χ1) is 5.82. The molecule has 13 heavy (non-hydrogen) atoms. The molecular formula is C7H8BrF3N2. The third kappa shape index (κ3) is 2.24. The number of halogens is 4. The predicted molar refractivity (Wildman–Crippen MR) is 45.3 cm³/mol. The molecule has 1 heterocycles. The lowest BCUT2D eigenvalue weighted by molar-refractivity contribution is -0.141. The second-order valence-corrected chi connectivity index (χ2v) is 3.70. The predicted octanol–water partition coefficient (Wildman–Crippen LogP) is 3.25. The summed E-state index contributed by atoms with van der Waals surface area (Å²) in [6.45, 7) is 3.52. The largest absolute Gasteiger partial charge is 0.435 e. The summed E-state index contributed by atoms with van der Waals surface area (Å²) >= 11 is 3.01. The maximum absolute atomic E-state index is 12.1. The van der Waals surface area contributed by atoms with Gasteiger partial charge in [0.15, 0.2) is 5.69 Å². The van der Waals surface area contributed by atoms with E-state index in [1.807, 2.05) is 0 Å². The number of hydrogen-bond donors (Lipinski definition) is 0. The summed E-state index contributed by atoms with van der Waals surface area (Å²) < 4.78 is 38.1. The van der Waals surface area contributed by atoms with Crippen LogP contribution in [-0.4, -0.2) is 9.78 Å². The Kier molecular flexibility index (Phi) is 2.70. The van der Waals surface area contributed by atoms with E-state index < -0.39 is 11.9 Å². The molecule has 0 radical (unpaired) electrons. The minimum absolute atomic E-state index is 0.0922. The minimum Gasteiger partial charge on any atom is -0.255 e. The Morgan fingerprint density at radius 2 is 2.00 bits per heavy atom. The SMILES string of the molecule is CC(C)n1nc(C(F)(F)F)cc1Br. The standard InChI is InChI=1S/C7H8BrF3N2/c1-4(2)13-6(8)3-5(12-13)7(9,10)11/h3-4H,1-2H3. The quantitative estimate of drug-likeness (QED) is 0.755. The Labute approximate surface area is 81.9 Å². The van der Waals surface area contributed by atoms with Crippen LogP contribution in [0.25, 0.3) is 0 Å². The van der Waals surface area contributed by atoms with Gasteiger partial charge < -0.3 is 0 Å². The zero-order valence-electron chi connectivity index (χ0n) is 7.06. The first kappa shape index (κ1) is 10.6. The molecule has 2 nitrogen and oxygen atoms in total. The molecule has 0 atom stereocenters. The average Bonchev–Trinajstić information content (AvgIpc) is 2.29. The minimum atomic E-state index is -4.37. The number of alkyl halides is 3. The van der Waals surface area contributed by atoms with Crippen LogP contribution in [-0.2, 0) is 6.18 Å². The van der Waals surface area contributed by atoms with E-state index in [-0.39, 0.29) is 6.04 Å². The van der Waals surface area contributed by atoms with Crippen LogP contribution in [0.4, 0.5) is 13.2 Å². The van der Waals surface area contributed by atoms with Crippen LogP contribution in [0, 0.1) is 0 Å². The summed E-state index contributed by atoms with van der Waals surface area (Å²) in [4.78, 5) is 0. The van der Waals surface area contributed by atoms with E-state index in [4.69, 9.17) is 0 Å². The lowest BCUT2D eigenvalue weighted by Crippen LogP contribution is -2.09. The molecule has 0 aliphatic rings. The summed E-state index contributed by atoms with van der Waals surface area (Å²) in [6, 6.07) is 0.880. The first-order valence-corrected chi connectivity index (χ1v) is 4.44. The van der Waals surface area contributed by atoms with Crippen molar-refractivity contribution in [1.29, 1.82) is 0 Å². The zero-order valence-corrected chi connectivity index (χ0v) is 8.65. The van der Waals surface area contributed by atoms with Gasteiger partial charge in [-0.05, 0) is 29.8 Å². The van der Waals surface area contributed by atoms with E-state index in [1.165, 1.54) is 4.68 Å². The molecule has 0 spiro atoms. The molecule has 0 aliphatic heterocycles. The number of aromatic nitrogens is 2. The van der Waals surface area contributed by atoms with Gasteiger partial charge in [-0.3, -0.25) is 4.68 Å². The van der Waals surface area contributed by atoms with Crippen LogP contribution in [0.1, 0.15) is 25.6 Å². The molecule has 6 heteroatoms. The van der Waals surface area contributed by atoms with Gasteiger partial charge in [-0.2, -0.15) is 18.3 Å². The highest BCUT2D eigenvalue weighted by Crippen LogP contribution is 2.30. The molecule has 0 saturated heterocycles. The molecule has 0 aliphatic carbocycles. The van der Waals surface area contributed by atoms with Crippen molar-refractivity contribution >= 4 is 15.9 Å². The van der Waals surface area contributed by atoms with Gasteiger partial charge in [0.1, 0.15) is 4.60 Å². The monoisotopic (exact) mass is 256 g/mol. The Bertz CT molecular complexity index is 303. The maximum Gasteiger partial charge on any atom is 0.435 e. The summed E-state index contributed by atoms with van der Waals surface area (Å²) in [5.74, 6) is 0. The number of nitrogens with zero attached hydrogens (tertiary/aromatic N) is 2. The highest BCUT2D eigenvalue weighted by atomic mass is 79.9. The van der Waals surface area contributed by atoms with Gasteiger partial charge in [0, 0.05) is 12.1 Å². The van der Waals surface area contributed by atoms with Crippen molar-refractivity contribution in [3.63, 3.8) is 0 Å². The van der Waals surface area contributed by atoms with Crippen molar-refractivity contribution in [3.8, 4) is 0 Å². The molecule has 0 saturated carbocycles. The van der Waals surface area contributed by atoms with Crippen molar-refractivity contribution in [2.24, 2.45) is 0 Å². The Morgan fingerprint density at radius 3 is 2.23 bits per heavy atom. The van der Waals surface area contributed by atoms with E-state index in [9.17, 15) is 13.2 Å². The molecule has 0 fully saturated rings. The van der Waals surface area contributed by atoms with Crippen LogP contribution in [0.2, 0.25) is 0 Å². The highest BCUT2D eigenvalue weighted by Gasteiger charge is 2.34. The molecule has 1 aromatic heterocycles. The molecule has 0 bridgehead atoms. The molecule has 74 valence electrons. The molecule has 0 amide bonds. The van der Waals surface area contributed by atoms with Crippen molar-refractivity contribution < 1.29 is 13.2 Å². The van der Waals surface area contributed by atoms with E-state index >= 15 is 0 Å². The Balaban J connectivity index is 3.10. The van der Waals surface area contributed by atoms with Gasteiger partial charge in [0.2, 0.25) is 0 Å². The van der Waals surface area contributed by atoms with E-state index in [0.29, 0.717) is 4.60 Å². The number of hydrogen-bond acceptors (Lipinski definition) is 1. The fourth-order valence-corrected chi connectivity index (χ4v) is 1.58. The van der Waals surface area contributed by atoms with Gasteiger partial charge in [0.05, 0.1) is 0 Å². The Hall–Kier alpha value is -0.520. The second-order valence-electron chi connectivity index (χ2n) is 2.89. The van der Waals surface area contributed by atoms with Crippen LogP contribution in [0.5, 0.6) is 0 Å². The average molecular weight is 257 g/mol. The summed E-state index contributed by atoms with van der Waals surface area (Å²) in [6.07, 6.45) is -4.37. The zero-order chi connectivity index (χ0) is 10.2. The Morgan fingerprint density at radius 1 is 1.46 bits per heavy atom. The van der Waals surface area contributed by atoms with Crippen molar-refractivity contribution in [3.05, 3.63) is 16.4 Å². The van der Waals surface area contributed by atoms with E-state index in [2.05, 4.69) is 21.0 Å². The summed E-state index contributed by atoms with van der Waals surface area (Å²) in [7, 11) is 0. The highest BCUT2D eigenvalue weighted by molar-refractivity contribution is 9.10. The number of rotatable bonds is 1. The summed E-state index contributed by atoms with van der Waals surface area (Å²) in [5, 5.41) is 3.43. The van der Waals surface area contributed by atoms with Gasteiger partial charge >= 0.3 is 6.18 Å². The third-order valence-electron chi connectivity index (χ3n) is 1.47. The third-order valence-corrected chi connectivity index (χ3v) is 2.06. The van der Waals surface area contributed by atoms with Crippen molar-refractivity contribution in [2.45, 2.75) is 26.1 Å². The lowest BCUT2D eigenvalue weighted by atomic mass is 10.4. The summed E-state index contributed by atoms with van der Waals surface area (Å²) in [5.41, 5.74) is -0.868. The topological polar surface area (TPSA) is 17.8 Å².